The maximum absolute atomic E-state index is 12.8. The SMILES string of the molecule is CN1C(=O)c2c(O)c(=O)ccn2N2C1CCCC2(C)c1ccccc1. The Morgan fingerprint density at radius 2 is 1.88 bits per heavy atom. The highest BCUT2D eigenvalue weighted by molar-refractivity contribution is 5.96. The van der Waals surface area contributed by atoms with Gasteiger partial charge in [0.2, 0.25) is 5.43 Å². The Morgan fingerprint density at radius 1 is 1.16 bits per heavy atom. The first-order valence-corrected chi connectivity index (χ1v) is 8.52. The van der Waals surface area contributed by atoms with Gasteiger partial charge in [-0.25, -0.2) is 0 Å². The highest BCUT2D eigenvalue weighted by Gasteiger charge is 2.48. The molecule has 2 unspecified atom stereocenters. The van der Waals surface area contributed by atoms with Gasteiger partial charge in [0, 0.05) is 19.3 Å². The minimum Gasteiger partial charge on any atom is -0.502 e. The smallest absolute Gasteiger partial charge is 0.277 e. The number of hydrogen-bond donors (Lipinski definition) is 1. The van der Waals surface area contributed by atoms with Gasteiger partial charge >= 0.3 is 0 Å². The van der Waals surface area contributed by atoms with E-state index in [2.05, 4.69) is 24.1 Å². The molecule has 2 atom stereocenters. The Hall–Kier alpha value is -2.76. The van der Waals surface area contributed by atoms with Crippen molar-refractivity contribution in [2.24, 2.45) is 0 Å². The van der Waals surface area contributed by atoms with Gasteiger partial charge in [0.25, 0.3) is 5.91 Å². The van der Waals surface area contributed by atoms with Crippen LogP contribution in [0.3, 0.4) is 0 Å². The first-order valence-electron chi connectivity index (χ1n) is 8.52. The zero-order chi connectivity index (χ0) is 17.8. The third kappa shape index (κ3) is 2.10. The van der Waals surface area contributed by atoms with Crippen LogP contribution in [0.5, 0.6) is 5.75 Å². The maximum atomic E-state index is 12.8. The highest BCUT2D eigenvalue weighted by atomic mass is 16.3. The largest absolute Gasteiger partial charge is 0.502 e. The molecule has 4 rings (SSSR count). The van der Waals surface area contributed by atoms with Crippen molar-refractivity contribution in [3.05, 3.63) is 64.1 Å². The molecule has 6 nitrogen and oxygen atoms in total. The second kappa shape index (κ2) is 5.37. The lowest BCUT2D eigenvalue weighted by Crippen LogP contribution is -2.68. The van der Waals surface area contributed by atoms with Crippen molar-refractivity contribution in [2.45, 2.75) is 37.9 Å². The number of pyridine rings is 1. The Bertz CT molecular complexity index is 893. The molecule has 0 radical (unpaired) electrons. The number of carbonyl (C=O) groups excluding carboxylic acids is 1. The molecule has 130 valence electrons. The molecule has 3 heterocycles. The van der Waals surface area contributed by atoms with Crippen molar-refractivity contribution in [3.8, 4) is 5.75 Å². The average Bonchev–Trinajstić information content (AvgIpc) is 2.63. The van der Waals surface area contributed by atoms with Gasteiger partial charge < -0.3 is 10.0 Å². The highest BCUT2D eigenvalue weighted by Crippen LogP contribution is 2.42. The molecule has 2 aliphatic rings. The van der Waals surface area contributed by atoms with E-state index in [0.29, 0.717) is 0 Å². The molecule has 1 N–H and O–H groups in total. The van der Waals surface area contributed by atoms with E-state index in [1.807, 2.05) is 18.2 Å². The number of rotatable bonds is 1. The fourth-order valence-corrected chi connectivity index (χ4v) is 4.21. The van der Waals surface area contributed by atoms with Crippen LogP contribution in [0.25, 0.3) is 0 Å². The average molecular weight is 339 g/mol. The molecule has 1 aromatic heterocycles. The quantitative estimate of drug-likeness (QED) is 0.863. The molecule has 1 aromatic carbocycles. The molecule has 6 heteroatoms. The van der Waals surface area contributed by atoms with Crippen molar-refractivity contribution in [1.82, 2.24) is 9.58 Å². The van der Waals surface area contributed by atoms with Crippen LogP contribution in [-0.4, -0.2) is 33.8 Å². The van der Waals surface area contributed by atoms with Gasteiger partial charge in [-0.3, -0.25) is 19.3 Å². The summed E-state index contributed by atoms with van der Waals surface area (Å²) < 4.78 is 1.68. The van der Waals surface area contributed by atoms with Crippen LogP contribution < -0.4 is 10.4 Å². The molecule has 0 spiro atoms. The molecule has 1 amide bonds. The second-order valence-corrected chi connectivity index (χ2v) is 7.00. The van der Waals surface area contributed by atoms with Crippen molar-refractivity contribution in [2.75, 3.05) is 12.1 Å². The van der Waals surface area contributed by atoms with E-state index in [-0.39, 0.29) is 23.3 Å². The minimum atomic E-state index is -0.537. The molecule has 1 fully saturated rings. The molecular formula is C19H21N3O3. The maximum Gasteiger partial charge on any atom is 0.277 e. The number of aromatic hydroxyl groups is 1. The standard InChI is InChI=1S/C19H21N3O3/c1-19(13-7-4-3-5-8-13)11-6-9-15-20(2)18(25)16-17(24)14(23)10-12-21(16)22(15)19/h3-5,7-8,10,12,15,24H,6,9,11H2,1-2H3. The van der Waals surface area contributed by atoms with Gasteiger partial charge in [-0.1, -0.05) is 30.3 Å². The lowest BCUT2D eigenvalue weighted by atomic mass is 9.81. The predicted molar refractivity (Wildman–Crippen MR) is 94.1 cm³/mol. The number of nitrogens with zero attached hydrogens (tertiary/aromatic N) is 3. The van der Waals surface area contributed by atoms with E-state index >= 15 is 0 Å². The summed E-state index contributed by atoms with van der Waals surface area (Å²) in [6, 6.07) is 11.5. The number of hydrogen-bond acceptors (Lipinski definition) is 4. The Kier molecular flexibility index (Phi) is 3.39. The third-order valence-corrected chi connectivity index (χ3v) is 5.57. The van der Waals surface area contributed by atoms with Gasteiger partial charge in [0.05, 0.1) is 5.54 Å². The molecule has 0 saturated carbocycles. The lowest BCUT2D eigenvalue weighted by molar-refractivity contribution is 0.0471. The first kappa shape index (κ1) is 15.7. The number of fused-ring (bicyclic) bond motifs is 3. The van der Waals surface area contributed by atoms with Crippen LogP contribution in [-0.2, 0) is 5.54 Å². The number of aromatic nitrogens is 1. The molecule has 25 heavy (non-hydrogen) atoms. The second-order valence-electron chi connectivity index (χ2n) is 7.00. The van der Waals surface area contributed by atoms with Crippen molar-refractivity contribution < 1.29 is 9.90 Å². The van der Waals surface area contributed by atoms with Gasteiger partial charge in [-0.15, -0.1) is 0 Å². The van der Waals surface area contributed by atoms with Crippen LogP contribution in [0.2, 0.25) is 0 Å². The number of carbonyl (C=O) groups is 1. The summed E-state index contributed by atoms with van der Waals surface area (Å²) in [5, 5.41) is 12.4. The summed E-state index contributed by atoms with van der Waals surface area (Å²) in [4.78, 5) is 26.3. The molecular weight excluding hydrogens is 318 g/mol. The van der Waals surface area contributed by atoms with Gasteiger partial charge in [0.1, 0.15) is 6.17 Å². The number of amides is 1. The lowest BCUT2D eigenvalue weighted by Gasteiger charge is -2.56. The summed E-state index contributed by atoms with van der Waals surface area (Å²) in [6.45, 7) is 2.15. The van der Waals surface area contributed by atoms with Gasteiger partial charge in [0.15, 0.2) is 11.4 Å². The van der Waals surface area contributed by atoms with Crippen molar-refractivity contribution >= 4 is 5.91 Å². The van der Waals surface area contributed by atoms with E-state index in [1.54, 1.807) is 22.8 Å². The topological polar surface area (TPSA) is 65.8 Å². The normalized spacial score (nSPS) is 25.5. The van der Waals surface area contributed by atoms with Crippen LogP contribution in [0.4, 0.5) is 0 Å². The van der Waals surface area contributed by atoms with Crippen LogP contribution in [0.1, 0.15) is 42.2 Å². The summed E-state index contributed by atoms with van der Waals surface area (Å²) in [5.41, 5.74) is 0.293. The van der Waals surface area contributed by atoms with E-state index < -0.39 is 11.2 Å². The summed E-state index contributed by atoms with van der Waals surface area (Å²) in [7, 11) is 1.73. The first-order chi connectivity index (χ1) is 11.9. The Morgan fingerprint density at radius 3 is 2.60 bits per heavy atom. The van der Waals surface area contributed by atoms with Crippen LogP contribution in [0.15, 0.2) is 47.4 Å². The Labute approximate surface area is 145 Å². The van der Waals surface area contributed by atoms with Gasteiger partial charge in [-0.2, -0.15) is 0 Å². The fraction of sp³-hybridized carbons (Fsp3) is 0.368. The summed E-state index contributed by atoms with van der Waals surface area (Å²) >= 11 is 0. The third-order valence-electron chi connectivity index (χ3n) is 5.57. The van der Waals surface area contributed by atoms with E-state index in [4.69, 9.17) is 0 Å². The molecule has 0 aliphatic carbocycles. The van der Waals surface area contributed by atoms with Crippen LogP contribution >= 0.6 is 0 Å². The number of piperidine rings is 1. The van der Waals surface area contributed by atoms with E-state index in [1.165, 1.54) is 6.07 Å². The van der Waals surface area contributed by atoms with E-state index in [9.17, 15) is 14.7 Å². The van der Waals surface area contributed by atoms with Crippen molar-refractivity contribution in [3.63, 3.8) is 0 Å². The fourth-order valence-electron chi connectivity index (χ4n) is 4.21. The molecule has 2 aromatic rings. The van der Waals surface area contributed by atoms with E-state index in [0.717, 1.165) is 24.8 Å². The molecule has 1 saturated heterocycles. The number of benzene rings is 1. The predicted octanol–water partition coefficient (Wildman–Crippen LogP) is 2.00. The molecule has 2 aliphatic heterocycles. The van der Waals surface area contributed by atoms with Gasteiger partial charge in [-0.05, 0) is 31.7 Å². The Balaban J connectivity index is 1.98. The summed E-state index contributed by atoms with van der Waals surface area (Å²) in [5.74, 6) is -0.812. The monoisotopic (exact) mass is 339 g/mol. The molecule has 0 bridgehead atoms. The van der Waals surface area contributed by atoms with Crippen molar-refractivity contribution in [1.29, 1.82) is 0 Å². The minimum absolute atomic E-state index is 0.0373. The zero-order valence-corrected chi connectivity index (χ0v) is 14.3. The van der Waals surface area contributed by atoms with Crippen LogP contribution in [0, 0.1) is 0 Å². The zero-order valence-electron chi connectivity index (χ0n) is 14.3. The summed E-state index contributed by atoms with van der Waals surface area (Å²) in [6.07, 6.45) is 4.23.